The Kier molecular flexibility index (Phi) is 4.82. The van der Waals surface area contributed by atoms with Crippen molar-refractivity contribution < 1.29 is 9.59 Å². The molecule has 1 aliphatic heterocycles. The topological polar surface area (TPSA) is 82.0 Å². The SMILES string of the molecule is N#CCc1ccc(NC(=O)C[C@@H]2Sc3ccccc3NC2=O)cc1. The van der Waals surface area contributed by atoms with E-state index in [4.69, 9.17) is 5.26 Å². The molecule has 0 saturated carbocycles. The average molecular weight is 337 g/mol. The summed E-state index contributed by atoms with van der Waals surface area (Å²) in [6, 6.07) is 16.7. The number of carbonyl (C=O) groups is 2. The van der Waals surface area contributed by atoms with Crippen molar-refractivity contribution >= 4 is 35.0 Å². The Bertz CT molecular complexity index is 812. The third kappa shape index (κ3) is 3.76. The minimum absolute atomic E-state index is 0.102. The number of benzene rings is 2. The van der Waals surface area contributed by atoms with Crippen LogP contribution < -0.4 is 10.6 Å². The molecule has 2 aromatic carbocycles. The third-order valence-electron chi connectivity index (χ3n) is 3.60. The molecule has 1 atom stereocenters. The lowest BCUT2D eigenvalue weighted by atomic mass is 10.1. The number of hydrogen-bond acceptors (Lipinski definition) is 4. The van der Waals surface area contributed by atoms with Crippen molar-refractivity contribution in [3.05, 3.63) is 54.1 Å². The van der Waals surface area contributed by atoms with Gasteiger partial charge in [-0.2, -0.15) is 5.26 Å². The van der Waals surface area contributed by atoms with Gasteiger partial charge in [0.2, 0.25) is 11.8 Å². The zero-order chi connectivity index (χ0) is 16.9. The van der Waals surface area contributed by atoms with E-state index in [1.165, 1.54) is 11.8 Å². The zero-order valence-electron chi connectivity index (χ0n) is 12.8. The smallest absolute Gasteiger partial charge is 0.238 e. The molecule has 0 fully saturated rings. The van der Waals surface area contributed by atoms with E-state index in [-0.39, 0.29) is 18.2 Å². The van der Waals surface area contributed by atoms with E-state index in [1.807, 2.05) is 24.3 Å². The number of hydrogen-bond donors (Lipinski definition) is 2. The number of thioether (sulfide) groups is 1. The van der Waals surface area contributed by atoms with Gasteiger partial charge < -0.3 is 10.6 Å². The van der Waals surface area contributed by atoms with Crippen LogP contribution in [0.25, 0.3) is 0 Å². The second-order valence-corrected chi connectivity index (χ2v) is 6.62. The average Bonchev–Trinajstić information content (AvgIpc) is 2.57. The van der Waals surface area contributed by atoms with Gasteiger partial charge in [-0.15, -0.1) is 11.8 Å². The lowest BCUT2D eigenvalue weighted by molar-refractivity contribution is -0.120. The van der Waals surface area contributed by atoms with Gasteiger partial charge in [-0.1, -0.05) is 24.3 Å². The van der Waals surface area contributed by atoms with Gasteiger partial charge in [-0.25, -0.2) is 0 Å². The lowest BCUT2D eigenvalue weighted by Crippen LogP contribution is -2.32. The molecule has 5 nitrogen and oxygen atoms in total. The lowest BCUT2D eigenvalue weighted by Gasteiger charge is -2.23. The summed E-state index contributed by atoms with van der Waals surface area (Å²) in [5.74, 6) is -0.367. The van der Waals surface area contributed by atoms with Gasteiger partial charge >= 0.3 is 0 Å². The molecule has 0 aromatic heterocycles. The maximum Gasteiger partial charge on any atom is 0.238 e. The van der Waals surface area contributed by atoms with Gasteiger partial charge in [0.25, 0.3) is 0 Å². The van der Waals surface area contributed by atoms with Crippen LogP contribution in [0.1, 0.15) is 12.0 Å². The number of nitrogens with one attached hydrogen (secondary N) is 2. The Labute approximate surface area is 144 Å². The molecule has 2 aromatic rings. The number of nitrogens with zero attached hydrogens (tertiary/aromatic N) is 1. The fourth-order valence-corrected chi connectivity index (χ4v) is 3.52. The normalized spacial score (nSPS) is 15.8. The third-order valence-corrected chi connectivity index (χ3v) is 4.87. The molecule has 0 unspecified atom stereocenters. The summed E-state index contributed by atoms with van der Waals surface area (Å²) in [6.07, 6.45) is 0.442. The molecule has 120 valence electrons. The summed E-state index contributed by atoms with van der Waals surface area (Å²) in [6.45, 7) is 0. The van der Waals surface area contributed by atoms with E-state index < -0.39 is 5.25 Å². The maximum atomic E-state index is 12.2. The van der Waals surface area contributed by atoms with Crippen LogP contribution in [0.5, 0.6) is 0 Å². The summed E-state index contributed by atoms with van der Waals surface area (Å²) in [5.41, 5.74) is 2.34. The summed E-state index contributed by atoms with van der Waals surface area (Å²) in [4.78, 5) is 25.3. The first-order valence-corrected chi connectivity index (χ1v) is 8.36. The maximum absolute atomic E-state index is 12.2. The standard InChI is InChI=1S/C18H15N3O2S/c19-10-9-12-5-7-13(8-6-12)20-17(22)11-16-18(23)21-14-3-1-2-4-15(14)24-16/h1-8,16H,9,11H2,(H,20,22)(H,21,23)/t16-/m0/s1. The first-order chi connectivity index (χ1) is 11.7. The molecule has 0 bridgehead atoms. The molecule has 3 rings (SSSR count). The molecule has 0 aliphatic carbocycles. The Balaban J connectivity index is 1.61. The van der Waals surface area contributed by atoms with Crippen molar-refractivity contribution in [1.29, 1.82) is 5.26 Å². The largest absolute Gasteiger partial charge is 0.326 e. The van der Waals surface area contributed by atoms with Crippen LogP contribution >= 0.6 is 11.8 Å². The van der Waals surface area contributed by atoms with Crippen LogP contribution in [0.2, 0.25) is 0 Å². The molecule has 6 heteroatoms. The number of fused-ring (bicyclic) bond motifs is 1. The minimum Gasteiger partial charge on any atom is -0.326 e. The molecular weight excluding hydrogens is 322 g/mol. The number of anilines is 2. The molecule has 24 heavy (non-hydrogen) atoms. The van der Waals surface area contributed by atoms with E-state index in [0.29, 0.717) is 12.1 Å². The highest BCUT2D eigenvalue weighted by atomic mass is 32.2. The second-order valence-electron chi connectivity index (χ2n) is 5.38. The summed E-state index contributed by atoms with van der Waals surface area (Å²) in [7, 11) is 0. The van der Waals surface area contributed by atoms with Crippen LogP contribution in [-0.2, 0) is 16.0 Å². The molecule has 2 N–H and O–H groups in total. The predicted octanol–water partition coefficient (Wildman–Crippen LogP) is 3.19. The Morgan fingerprint density at radius 2 is 1.96 bits per heavy atom. The molecule has 0 spiro atoms. The first kappa shape index (κ1) is 16.1. The van der Waals surface area contributed by atoms with Gasteiger partial charge in [0.05, 0.1) is 23.4 Å². The van der Waals surface area contributed by atoms with E-state index in [9.17, 15) is 9.59 Å². The van der Waals surface area contributed by atoms with Crippen molar-refractivity contribution in [2.45, 2.75) is 23.0 Å². The Hall–Kier alpha value is -2.78. The van der Waals surface area contributed by atoms with E-state index in [1.54, 1.807) is 24.3 Å². The van der Waals surface area contributed by atoms with Gasteiger partial charge in [0.1, 0.15) is 0 Å². The van der Waals surface area contributed by atoms with E-state index in [0.717, 1.165) is 16.1 Å². The number of carbonyl (C=O) groups excluding carboxylic acids is 2. The van der Waals surface area contributed by atoms with Crippen molar-refractivity contribution in [2.24, 2.45) is 0 Å². The van der Waals surface area contributed by atoms with Crippen LogP contribution in [0.3, 0.4) is 0 Å². The molecule has 1 heterocycles. The second kappa shape index (κ2) is 7.20. The van der Waals surface area contributed by atoms with Gasteiger partial charge in [0.15, 0.2) is 0 Å². The minimum atomic E-state index is -0.447. The summed E-state index contributed by atoms with van der Waals surface area (Å²) >= 11 is 1.40. The fourth-order valence-electron chi connectivity index (χ4n) is 2.40. The molecule has 1 aliphatic rings. The highest BCUT2D eigenvalue weighted by Gasteiger charge is 2.28. The van der Waals surface area contributed by atoms with Gasteiger partial charge in [-0.3, -0.25) is 9.59 Å². The van der Waals surface area contributed by atoms with Crippen LogP contribution in [-0.4, -0.2) is 17.1 Å². The predicted molar refractivity (Wildman–Crippen MR) is 93.7 cm³/mol. The van der Waals surface area contributed by atoms with Crippen molar-refractivity contribution in [3.63, 3.8) is 0 Å². The number of rotatable bonds is 4. The van der Waals surface area contributed by atoms with Gasteiger partial charge in [0, 0.05) is 17.0 Å². The summed E-state index contributed by atoms with van der Waals surface area (Å²) in [5, 5.41) is 13.8. The van der Waals surface area contributed by atoms with Crippen LogP contribution in [0.15, 0.2) is 53.4 Å². The molecule has 0 radical (unpaired) electrons. The number of nitriles is 1. The van der Waals surface area contributed by atoms with Crippen LogP contribution in [0, 0.1) is 11.3 Å². The number of amides is 2. The van der Waals surface area contributed by atoms with Crippen molar-refractivity contribution in [2.75, 3.05) is 10.6 Å². The van der Waals surface area contributed by atoms with Gasteiger partial charge in [-0.05, 0) is 29.8 Å². The van der Waals surface area contributed by atoms with E-state index in [2.05, 4.69) is 16.7 Å². The summed E-state index contributed by atoms with van der Waals surface area (Å²) < 4.78 is 0. The highest BCUT2D eigenvalue weighted by Crippen LogP contribution is 2.36. The Morgan fingerprint density at radius 3 is 2.71 bits per heavy atom. The first-order valence-electron chi connectivity index (χ1n) is 7.48. The Morgan fingerprint density at radius 1 is 1.21 bits per heavy atom. The molecular formula is C18H15N3O2S. The number of para-hydroxylation sites is 1. The van der Waals surface area contributed by atoms with Crippen molar-refractivity contribution in [3.8, 4) is 6.07 Å². The fraction of sp³-hybridized carbons (Fsp3) is 0.167. The van der Waals surface area contributed by atoms with Crippen molar-refractivity contribution in [1.82, 2.24) is 0 Å². The zero-order valence-corrected chi connectivity index (χ0v) is 13.6. The monoisotopic (exact) mass is 337 g/mol. The quantitative estimate of drug-likeness (QED) is 0.897. The molecule has 2 amide bonds. The molecule has 0 saturated heterocycles. The van der Waals surface area contributed by atoms with E-state index >= 15 is 0 Å². The van der Waals surface area contributed by atoms with Crippen LogP contribution in [0.4, 0.5) is 11.4 Å². The highest BCUT2D eigenvalue weighted by molar-refractivity contribution is 8.01.